The van der Waals surface area contributed by atoms with Crippen molar-refractivity contribution in [1.29, 1.82) is 0 Å². The number of benzene rings is 3. The summed E-state index contributed by atoms with van der Waals surface area (Å²) in [6, 6.07) is 20.6. The Morgan fingerprint density at radius 2 is 1.54 bits per heavy atom. The highest BCUT2D eigenvalue weighted by Crippen LogP contribution is 2.31. The summed E-state index contributed by atoms with van der Waals surface area (Å²) in [6.07, 6.45) is 2.04. The van der Waals surface area contributed by atoms with Crippen molar-refractivity contribution in [1.82, 2.24) is 5.32 Å². The Morgan fingerprint density at radius 3 is 2.22 bits per heavy atom. The molecule has 0 aromatic heterocycles. The van der Waals surface area contributed by atoms with E-state index in [1.807, 2.05) is 30.3 Å². The third kappa shape index (κ3) is 7.91. The zero-order valence-corrected chi connectivity index (χ0v) is 24.2. The minimum atomic E-state index is -0.256. The van der Waals surface area contributed by atoms with Crippen LogP contribution in [0, 0.1) is 0 Å². The highest BCUT2D eigenvalue weighted by atomic mass is 16.5. The van der Waals surface area contributed by atoms with Gasteiger partial charge in [-0.3, -0.25) is 9.59 Å². The SMILES string of the molecule is CCCCOc1ccc(C(=O)Nc2ccc(N3CCN(c4ccccc4OC)CC3)c(C(=O)NCCOC)c2)cc1. The maximum atomic E-state index is 13.3. The van der Waals surface area contributed by atoms with Gasteiger partial charge in [0, 0.05) is 56.8 Å². The molecule has 0 radical (unpaired) electrons. The van der Waals surface area contributed by atoms with Crippen LogP contribution < -0.4 is 29.9 Å². The van der Waals surface area contributed by atoms with Crippen LogP contribution in [0.3, 0.4) is 0 Å². The highest BCUT2D eigenvalue weighted by Gasteiger charge is 2.24. The summed E-state index contributed by atoms with van der Waals surface area (Å²) >= 11 is 0. The van der Waals surface area contributed by atoms with Crippen molar-refractivity contribution >= 4 is 28.9 Å². The molecule has 4 rings (SSSR count). The molecule has 3 aromatic rings. The van der Waals surface area contributed by atoms with Crippen LogP contribution in [0.5, 0.6) is 11.5 Å². The molecule has 9 nitrogen and oxygen atoms in total. The molecule has 218 valence electrons. The van der Waals surface area contributed by atoms with E-state index in [1.165, 1.54) is 0 Å². The van der Waals surface area contributed by atoms with Crippen molar-refractivity contribution in [2.45, 2.75) is 19.8 Å². The highest BCUT2D eigenvalue weighted by molar-refractivity contribution is 6.06. The van der Waals surface area contributed by atoms with Crippen LogP contribution in [0.2, 0.25) is 0 Å². The Hall–Kier alpha value is -4.24. The van der Waals surface area contributed by atoms with Crippen LogP contribution in [0.4, 0.5) is 17.1 Å². The second-order valence-corrected chi connectivity index (χ2v) is 9.81. The molecule has 1 fully saturated rings. The minimum Gasteiger partial charge on any atom is -0.495 e. The fraction of sp³-hybridized carbons (Fsp3) is 0.375. The van der Waals surface area contributed by atoms with Gasteiger partial charge in [-0.2, -0.15) is 0 Å². The summed E-state index contributed by atoms with van der Waals surface area (Å²) in [7, 11) is 3.28. The summed E-state index contributed by atoms with van der Waals surface area (Å²) in [5.41, 5.74) is 3.45. The van der Waals surface area contributed by atoms with Gasteiger partial charge in [0.25, 0.3) is 11.8 Å². The molecule has 1 aliphatic rings. The van der Waals surface area contributed by atoms with Crippen LogP contribution in [0.1, 0.15) is 40.5 Å². The first-order valence-corrected chi connectivity index (χ1v) is 14.1. The number of hydrogen-bond acceptors (Lipinski definition) is 7. The third-order valence-corrected chi connectivity index (χ3v) is 7.02. The van der Waals surface area contributed by atoms with Gasteiger partial charge in [0.05, 0.1) is 31.6 Å². The molecule has 0 atom stereocenters. The smallest absolute Gasteiger partial charge is 0.255 e. The summed E-state index contributed by atoms with van der Waals surface area (Å²) in [6.45, 7) is 6.58. The van der Waals surface area contributed by atoms with Gasteiger partial charge in [0.1, 0.15) is 11.5 Å². The number of carbonyl (C=O) groups is 2. The molecule has 1 heterocycles. The molecule has 1 aliphatic heterocycles. The van der Waals surface area contributed by atoms with Crippen LogP contribution >= 0.6 is 0 Å². The van der Waals surface area contributed by atoms with E-state index in [0.717, 1.165) is 61.9 Å². The number of amides is 2. The zero-order valence-electron chi connectivity index (χ0n) is 24.2. The Labute approximate surface area is 242 Å². The quantitative estimate of drug-likeness (QED) is 0.289. The average molecular weight is 561 g/mol. The van der Waals surface area contributed by atoms with E-state index in [-0.39, 0.29) is 11.8 Å². The molecule has 3 aromatic carbocycles. The molecule has 0 aliphatic carbocycles. The van der Waals surface area contributed by atoms with Crippen LogP contribution in [0.15, 0.2) is 66.7 Å². The van der Waals surface area contributed by atoms with Gasteiger partial charge in [-0.1, -0.05) is 25.5 Å². The maximum absolute atomic E-state index is 13.3. The number of nitrogens with zero attached hydrogens (tertiary/aromatic N) is 2. The third-order valence-electron chi connectivity index (χ3n) is 7.02. The van der Waals surface area contributed by atoms with Crippen LogP contribution in [-0.2, 0) is 4.74 Å². The average Bonchev–Trinajstić information content (AvgIpc) is 3.01. The Kier molecular flexibility index (Phi) is 10.8. The molecule has 1 saturated heterocycles. The number of nitrogens with one attached hydrogen (secondary N) is 2. The lowest BCUT2D eigenvalue weighted by Gasteiger charge is -2.38. The second kappa shape index (κ2) is 14.9. The van der Waals surface area contributed by atoms with Gasteiger partial charge in [-0.15, -0.1) is 0 Å². The maximum Gasteiger partial charge on any atom is 0.255 e. The lowest BCUT2D eigenvalue weighted by atomic mass is 10.1. The van der Waals surface area contributed by atoms with E-state index in [1.54, 1.807) is 44.6 Å². The Balaban J connectivity index is 1.48. The number of piperazine rings is 1. The van der Waals surface area contributed by atoms with Gasteiger partial charge in [-0.25, -0.2) is 0 Å². The fourth-order valence-electron chi connectivity index (χ4n) is 4.75. The van der Waals surface area contributed by atoms with E-state index < -0.39 is 0 Å². The van der Waals surface area contributed by atoms with E-state index in [2.05, 4.69) is 33.4 Å². The molecule has 9 heteroatoms. The van der Waals surface area contributed by atoms with Gasteiger partial charge >= 0.3 is 0 Å². The molecule has 2 amide bonds. The van der Waals surface area contributed by atoms with Gasteiger partial charge in [0.2, 0.25) is 0 Å². The summed E-state index contributed by atoms with van der Waals surface area (Å²) < 4.78 is 16.3. The van der Waals surface area contributed by atoms with E-state index in [0.29, 0.717) is 36.6 Å². The van der Waals surface area contributed by atoms with E-state index in [4.69, 9.17) is 14.2 Å². The van der Waals surface area contributed by atoms with Crippen molar-refractivity contribution in [3.05, 3.63) is 77.9 Å². The van der Waals surface area contributed by atoms with Crippen LogP contribution in [0.25, 0.3) is 0 Å². The van der Waals surface area contributed by atoms with Gasteiger partial charge in [-0.05, 0) is 61.0 Å². The van der Waals surface area contributed by atoms with Crippen molar-refractivity contribution in [2.75, 3.05) is 75.3 Å². The first kappa shape index (κ1) is 29.7. The van der Waals surface area contributed by atoms with Crippen molar-refractivity contribution in [2.24, 2.45) is 0 Å². The lowest BCUT2D eigenvalue weighted by Crippen LogP contribution is -2.47. The summed E-state index contributed by atoms with van der Waals surface area (Å²) in [4.78, 5) is 30.8. The molecule has 0 spiro atoms. The minimum absolute atomic E-state index is 0.214. The van der Waals surface area contributed by atoms with Crippen LogP contribution in [-0.4, -0.2) is 72.0 Å². The largest absolute Gasteiger partial charge is 0.495 e. The molecule has 0 saturated carbocycles. The normalized spacial score (nSPS) is 13.0. The molecule has 0 unspecified atom stereocenters. The zero-order chi connectivity index (χ0) is 29.0. The Morgan fingerprint density at radius 1 is 0.829 bits per heavy atom. The molecule has 2 N–H and O–H groups in total. The number of carbonyl (C=O) groups excluding carboxylic acids is 2. The fourth-order valence-corrected chi connectivity index (χ4v) is 4.75. The standard InChI is InChI=1S/C32H40N4O5/c1-4-5-21-41-26-13-10-24(11-14-26)31(37)34-25-12-15-28(27(23-25)32(38)33-16-22-39-2)35-17-19-36(20-18-35)29-8-6-7-9-30(29)40-3/h6-15,23H,4-5,16-22H2,1-3H3,(H,33,38)(H,34,37). The number of unbranched alkanes of at least 4 members (excludes halogenated alkanes) is 1. The lowest BCUT2D eigenvalue weighted by molar-refractivity contribution is 0.0936. The molecule has 0 bridgehead atoms. The number of hydrogen-bond donors (Lipinski definition) is 2. The number of para-hydroxylation sites is 2. The molecule has 41 heavy (non-hydrogen) atoms. The predicted octanol–water partition coefficient (Wildman–Crippen LogP) is 4.83. The van der Waals surface area contributed by atoms with Crippen molar-refractivity contribution < 1.29 is 23.8 Å². The van der Waals surface area contributed by atoms with E-state index >= 15 is 0 Å². The second-order valence-electron chi connectivity index (χ2n) is 9.81. The molecular formula is C32H40N4O5. The topological polar surface area (TPSA) is 92.4 Å². The number of rotatable bonds is 13. The predicted molar refractivity (Wildman–Crippen MR) is 163 cm³/mol. The van der Waals surface area contributed by atoms with Gasteiger partial charge < -0.3 is 34.6 Å². The Bertz CT molecular complexity index is 1290. The number of ether oxygens (including phenoxy) is 3. The number of methoxy groups -OCH3 is 2. The van der Waals surface area contributed by atoms with E-state index in [9.17, 15) is 9.59 Å². The first-order valence-electron chi connectivity index (χ1n) is 14.1. The van der Waals surface area contributed by atoms with Gasteiger partial charge in [0.15, 0.2) is 0 Å². The molecular weight excluding hydrogens is 520 g/mol. The van der Waals surface area contributed by atoms with Crippen molar-refractivity contribution in [3.8, 4) is 11.5 Å². The monoisotopic (exact) mass is 560 g/mol. The number of anilines is 3. The first-order chi connectivity index (χ1) is 20.0. The van der Waals surface area contributed by atoms with Crippen molar-refractivity contribution in [3.63, 3.8) is 0 Å². The summed E-state index contributed by atoms with van der Waals surface area (Å²) in [5, 5.41) is 5.86. The summed E-state index contributed by atoms with van der Waals surface area (Å²) in [5.74, 6) is 1.11.